The molecule has 1 heterocycles. The Morgan fingerprint density at radius 1 is 1.08 bits per heavy atom. The quantitative estimate of drug-likeness (QED) is 0.594. The van der Waals surface area contributed by atoms with Gasteiger partial charge in [0.15, 0.2) is 23.9 Å². The number of benzene rings is 2. The monoisotopic (exact) mass is 342 g/mol. The Hall–Kier alpha value is -3.02. The fourth-order valence-electron chi connectivity index (χ4n) is 2.35. The molecule has 1 aliphatic heterocycles. The van der Waals surface area contributed by atoms with Crippen LogP contribution in [-0.2, 0) is 9.53 Å². The van der Waals surface area contributed by atoms with Crippen molar-refractivity contribution in [2.24, 2.45) is 0 Å². The summed E-state index contributed by atoms with van der Waals surface area (Å²) in [6.07, 6.45) is -0.886. The number of Topliss-reactive ketones (excluding diaryl/α,β-unsaturated/α-hetero) is 1. The first-order valence-corrected chi connectivity index (χ1v) is 7.98. The summed E-state index contributed by atoms with van der Waals surface area (Å²) in [7, 11) is 0. The maximum absolute atomic E-state index is 12.1. The molecule has 0 aromatic heterocycles. The van der Waals surface area contributed by atoms with Gasteiger partial charge in [0, 0.05) is 5.56 Å². The molecule has 6 heteroatoms. The zero-order valence-electron chi connectivity index (χ0n) is 13.8. The lowest BCUT2D eigenvalue weighted by Gasteiger charge is -2.24. The van der Waals surface area contributed by atoms with Crippen LogP contribution in [-0.4, -0.2) is 37.7 Å². The highest BCUT2D eigenvalue weighted by Gasteiger charge is 2.29. The van der Waals surface area contributed by atoms with Crippen LogP contribution in [0.1, 0.15) is 17.3 Å². The molecule has 25 heavy (non-hydrogen) atoms. The van der Waals surface area contributed by atoms with Crippen LogP contribution in [0.15, 0.2) is 48.5 Å². The molecule has 0 fully saturated rings. The van der Waals surface area contributed by atoms with Crippen LogP contribution in [0.2, 0.25) is 0 Å². The first-order chi connectivity index (χ1) is 12.2. The van der Waals surface area contributed by atoms with Crippen molar-refractivity contribution in [3.05, 3.63) is 54.1 Å². The fraction of sp³-hybridized carbons (Fsp3) is 0.263. The van der Waals surface area contributed by atoms with Crippen molar-refractivity contribution in [1.82, 2.24) is 0 Å². The highest BCUT2D eigenvalue weighted by Crippen LogP contribution is 2.31. The highest BCUT2D eigenvalue weighted by molar-refractivity contribution is 5.98. The Morgan fingerprint density at radius 2 is 1.80 bits per heavy atom. The molecule has 0 spiro atoms. The lowest BCUT2D eigenvalue weighted by atomic mass is 10.1. The molecule has 130 valence electrons. The largest absolute Gasteiger partial charge is 0.494 e. The van der Waals surface area contributed by atoms with Crippen LogP contribution in [0.25, 0.3) is 0 Å². The van der Waals surface area contributed by atoms with E-state index in [1.807, 2.05) is 13.0 Å². The summed E-state index contributed by atoms with van der Waals surface area (Å²) in [6, 6.07) is 13.7. The van der Waals surface area contributed by atoms with Gasteiger partial charge in [0.25, 0.3) is 0 Å². The number of rotatable bonds is 6. The van der Waals surface area contributed by atoms with Gasteiger partial charge in [-0.1, -0.05) is 12.1 Å². The van der Waals surface area contributed by atoms with Gasteiger partial charge in [0.05, 0.1) is 6.61 Å². The van der Waals surface area contributed by atoms with E-state index in [4.69, 9.17) is 18.9 Å². The van der Waals surface area contributed by atoms with Crippen molar-refractivity contribution >= 4 is 11.8 Å². The Bertz CT molecular complexity index is 753. The highest BCUT2D eigenvalue weighted by atomic mass is 16.6. The van der Waals surface area contributed by atoms with Crippen LogP contribution in [0.5, 0.6) is 17.2 Å². The van der Waals surface area contributed by atoms with Crippen molar-refractivity contribution in [3.63, 3.8) is 0 Å². The van der Waals surface area contributed by atoms with E-state index in [0.717, 1.165) is 0 Å². The minimum absolute atomic E-state index is 0.0487. The summed E-state index contributed by atoms with van der Waals surface area (Å²) < 4.78 is 21.4. The molecule has 0 aliphatic carbocycles. The average Bonchev–Trinajstić information content (AvgIpc) is 2.66. The van der Waals surface area contributed by atoms with E-state index in [9.17, 15) is 9.59 Å². The number of esters is 1. The maximum atomic E-state index is 12.1. The third-order valence-electron chi connectivity index (χ3n) is 3.60. The van der Waals surface area contributed by atoms with Gasteiger partial charge in [-0.15, -0.1) is 0 Å². The van der Waals surface area contributed by atoms with Crippen molar-refractivity contribution in [2.45, 2.75) is 13.0 Å². The molecule has 0 radical (unpaired) electrons. The standard InChI is InChI=1S/C19H18O6/c1-2-22-14-9-7-13(8-10-14)15(20)11-24-19(21)18-12-23-16-5-3-4-6-17(16)25-18/h3-10,18H,2,11-12H2,1H3/t18-/m1/s1. The van der Waals surface area contributed by atoms with E-state index in [2.05, 4.69) is 0 Å². The molecule has 0 saturated heterocycles. The Balaban J connectivity index is 1.53. The van der Waals surface area contributed by atoms with E-state index in [0.29, 0.717) is 29.4 Å². The maximum Gasteiger partial charge on any atom is 0.351 e. The van der Waals surface area contributed by atoms with Crippen LogP contribution in [0, 0.1) is 0 Å². The van der Waals surface area contributed by atoms with Crippen molar-refractivity contribution in [2.75, 3.05) is 19.8 Å². The van der Waals surface area contributed by atoms with Crippen molar-refractivity contribution in [3.8, 4) is 17.2 Å². The van der Waals surface area contributed by atoms with Gasteiger partial charge >= 0.3 is 5.97 Å². The van der Waals surface area contributed by atoms with Crippen LogP contribution >= 0.6 is 0 Å². The molecule has 1 atom stereocenters. The molecule has 0 amide bonds. The predicted octanol–water partition coefficient (Wildman–Crippen LogP) is 2.65. The lowest BCUT2D eigenvalue weighted by molar-refractivity contribution is -0.153. The summed E-state index contributed by atoms with van der Waals surface area (Å²) in [5.74, 6) is 0.815. The first kappa shape index (κ1) is 16.8. The number of fused-ring (bicyclic) bond motifs is 1. The second-order valence-corrected chi connectivity index (χ2v) is 5.35. The molecule has 0 unspecified atom stereocenters. The molecule has 2 aromatic rings. The predicted molar refractivity (Wildman–Crippen MR) is 89.3 cm³/mol. The zero-order chi connectivity index (χ0) is 17.6. The van der Waals surface area contributed by atoms with Gasteiger partial charge in [0.2, 0.25) is 6.10 Å². The van der Waals surface area contributed by atoms with E-state index < -0.39 is 12.1 Å². The second kappa shape index (κ2) is 7.70. The van der Waals surface area contributed by atoms with E-state index >= 15 is 0 Å². The Kier molecular flexibility index (Phi) is 5.18. The lowest BCUT2D eigenvalue weighted by Crippen LogP contribution is -2.38. The van der Waals surface area contributed by atoms with Crippen LogP contribution in [0.3, 0.4) is 0 Å². The van der Waals surface area contributed by atoms with Gasteiger partial charge in [0.1, 0.15) is 12.4 Å². The molecular formula is C19H18O6. The molecule has 6 nitrogen and oxygen atoms in total. The summed E-state index contributed by atoms with van der Waals surface area (Å²) >= 11 is 0. The smallest absolute Gasteiger partial charge is 0.351 e. The molecule has 0 bridgehead atoms. The van der Waals surface area contributed by atoms with Crippen molar-refractivity contribution < 1.29 is 28.5 Å². The van der Waals surface area contributed by atoms with E-state index in [1.54, 1.807) is 42.5 Å². The second-order valence-electron chi connectivity index (χ2n) is 5.35. The molecule has 2 aromatic carbocycles. The number of carbonyl (C=O) groups is 2. The van der Waals surface area contributed by atoms with Gasteiger partial charge in [-0.05, 0) is 43.3 Å². The fourth-order valence-corrected chi connectivity index (χ4v) is 2.35. The molecule has 1 aliphatic rings. The van der Waals surface area contributed by atoms with Gasteiger partial charge in [-0.2, -0.15) is 0 Å². The third-order valence-corrected chi connectivity index (χ3v) is 3.60. The topological polar surface area (TPSA) is 71.1 Å². The van der Waals surface area contributed by atoms with Crippen LogP contribution in [0.4, 0.5) is 0 Å². The minimum Gasteiger partial charge on any atom is -0.494 e. The van der Waals surface area contributed by atoms with E-state index in [-0.39, 0.29) is 19.0 Å². The van der Waals surface area contributed by atoms with Crippen LogP contribution < -0.4 is 14.2 Å². The van der Waals surface area contributed by atoms with Crippen molar-refractivity contribution in [1.29, 1.82) is 0 Å². The number of carbonyl (C=O) groups excluding carboxylic acids is 2. The number of ether oxygens (including phenoxy) is 4. The summed E-state index contributed by atoms with van der Waals surface area (Å²) in [6.45, 7) is 2.13. The number of ketones is 1. The number of hydrogen-bond donors (Lipinski definition) is 0. The summed E-state index contributed by atoms with van der Waals surface area (Å²) in [5, 5.41) is 0. The molecule has 0 saturated carbocycles. The molecule has 3 rings (SSSR count). The summed E-state index contributed by atoms with van der Waals surface area (Å²) in [5.41, 5.74) is 0.447. The normalized spacial score (nSPS) is 15.3. The van der Waals surface area contributed by atoms with Gasteiger partial charge in [-0.25, -0.2) is 4.79 Å². The Labute approximate surface area is 145 Å². The summed E-state index contributed by atoms with van der Waals surface area (Å²) in [4.78, 5) is 24.2. The number of hydrogen-bond acceptors (Lipinski definition) is 6. The Morgan fingerprint density at radius 3 is 2.52 bits per heavy atom. The number of para-hydroxylation sites is 2. The van der Waals surface area contributed by atoms with Gasteiger partial charge < -0.3 is 18.9 Å². The van der Waals surface area contributed by atoms with E-state index in [1.165, 1.54) is 0 Å². The van der Waals surface area contributed by atoms with Gasteiger partial charge in [-0.3, -0.25) is 4.79 Å². The average molecular weight is 342 g/mol. The molecule has 0 N–H and O–H groups in total. The first-order valence-electron chi connectivity index (χ1n) is 7.98. The minimum atomic E-state index is -0.886. The third kappa shape index (κ3) is 4.09. The molecular weight excluding hydrogens is 324 g/mol. The zero-order valence-corrected chi connectivity index (χ0v) is 13.8. The SMILES string of the molecule is CCOc1ccc(C(=O)COC(=O)[C@H]2COc3ccccc3O2)cc1.